The summed E-state index contributed by atoms with van der Waals surface area (Å²) in [4.78, 5) is 17.1. The molecule has 5 nitrogen and oxygen atoms in total. The number of carbonyl (C=O) groups is 1. The second-order valence-electron chi connectivity index (χ2n) is 8.56. The van der Waals surface area contributed by atoms with Gasteiger partial charge in [0.1, 0.15) is 0 Å². The summed E-state index contributed by atoms with van der Waals surface area (Å²) in [6.45, 7) is 0.482. The lowest BCUT2D eigenvalue weighted by Gasteiger charge is -2.23. The average Bonchev–Trinajstić information content (AvgIpc) is 2.79. The van der Waals surface area contributed by atoms with Crippen molar-refractivity contribution in [1.82, 2.24) is 0 Å². The fourth-order valence-corrected chi connectivity index (χ4v) is 3.82. The molecule has 0 saturated heterocycles. The Hall–Kier alpha value is -3.47. The van der Waals surface area contributed by atoms with Crippen molar-refractivity contribution in [3.8, 4) is 0 Å². The third kappa shape index (κ3) is 5.61. The highest BCUT2D eigenvalue weighted by Crippen LogP contribution is 2.34. The van der Waals surface area contributed by atoms with Gasteiger partial charge in [-0.15, -0.1) is 0 Å². The van der Waals surface area contributed by atoms with Crippen molar-refractivity contribution >= 4 is 23.0 Å². The van der Waals surface area contributed by atoms with Crippen LogP contribution in [0.5, 0.6) is 0 Å². The summed E-state index contributed by atoms with van der Waals surface area (Å²) in [5.74, 6) is -0.670. The van der Waals surface area contributed by atoms with Crippen LogP contribution >= 0.6 is 0 Å². The summed E-state index contributed by atoms with van der Waals surface area (Å²) in [5.41, 5.74) is 7.03. The molecule has 3 aromatic rings. The van der Waals surface area contributed by atoms with Crippen LogP contribution in [0.15, 0.2) is 72.8 Å². The van der Waals surface area contributed by atoms with Crippen LogP contribution < -0.4 is 14.7 Å². The van der Waals surface area contributed by atoms with E-state index in [1.165, 1.54) is 28.1 Å². The smallest absolute Gasteiger partial charge is 0.305 e. The normalized spacial score (nSPS) is 10.8. The van der Waals surface area contributed by atoms with Crippen LogP contribution in [0, 0.1) is 0 Å². The Morgan fingerprint density at radius 2 is 1.00 bits per heavy atom. The van der Waals surface area contributed by atoms with Gasteiger partial charge in [0.25, 0.3) is 0 Å². The number of nitrogens with zero attached hydrogens (tertiary/aromatic N) is 3. The Bertz CT molecular complexity index is 959. The zero-order valence-electron chi connectivity index (χ0n) is 19.6. The second-order valence-corrected chi connectivity index (χ2v) is 8.56. The van der Waals surface area contributed by atoms with Gasteiger partial charge in [0.2, 0.25) is 0 Å². The monoisotopic (exact) mass is 431 g/mol. The van der Waals surface area contributed by atoms with Gasteiger partial charge in [-0.2, -0.15) is 0 Å². The molecule has 0 heterocycles. The minimum atomic E-state index is -0.782. The maximum absolute atomic E-state index is 10.9. The van der Waals surface area contributed by atoms with Crippen LogP contribution in [0.25, 0.3) is 0 Å². The van der Waals surface area contributed by atoms with E-state index in [1.54, 1.807) is 0 Å². The van der Waals surface area contributed by atoms with Crippen molar-refractivity contribution < 1.29 is 9.90 Å². The van der Waals surface area contributed by atoms with Gasteiger partial charge in [0.05, 0.1) is 6.42 Å². The Balaban J connectivity index is 1.95. The summed E-state index contributed by atoms with van der Waals surface area (Å²) in [5, 5.41) is 8.95. The van der Waals surface area contributed by atoms with E-state index in [0.29, 0.717) is 6.54 Å². The van der Waals surface area contributed by atoms with Crippen LogP contribution in [-0.2, 0) is 4.79 Å². The van der Waals surface area contributed by atoms with E-state index in [2.05, 4.69) is 82.6 Å². The maximum atomic E-state index is 10.9. The number of benzene rings is 3. The van der Waals surface area contributed by atoms with Crippen molar-refractivity contribution in [2.24, 2.45) is 0 Å². The molecule has 0 atom stereocenters. The Kier molecular flexibility index (Phi) is 7.41. The van der Waals surface area contributed by atoms with Crippen LogP contribution in [0.2, 0.25) is 0 Å². The molecule has 0 spiro atoms. The van der Waals surface area contributed by atoms with Gasteiger partial charge in [-0.3, -0.25) is 4.79 Å². The highest BCUT2D eigenvalue weighted by atomic mass is 16.4. The van der Waals surface area contributed by atoms with Gasteiger partial charge in [-0.1, -0.05) is 36.4 Å². The molecule has 0 bridgehead atoms. The molecule has 0 saturated carbocycles. The molecule has 0 radical (unpaired) electrons. The molecule has 0 aliphatic heterocycles. The molecule has 0 aliphatic rings. The summed E-state index contributed by atoms with van der Waals surface area (Å²) < 4.78 is 0. The van der Waals surface area contributed by atoms with E-state index in [-0.39, 0.29) is 12.3 Å². The molecule has 5 heteroatoms. The predicted molar refractivity (Wildman–Crippen MR) is 134 cm³/mol. The second kappa shape index (κ2) is 10.2. The number of carboxylic acid groups (broad SMARTS) is 1. The van der Waals surface area contributed by atoms with Crippen LogP contribution in [-0.4, -0.2) is 52.9 Å². The molecular weight excluding hydrogens is 398 g/mol. The molecule has 1 N–H and O–H groups in total. The van der Waals surface area contributed by atoms with Crippen molar-refractivity contribution in [2.75, 3.05) is 56.5 Å². The maximum Gasteiger partial charge on any atom is 0.305 e. The van der Waals surface area contributed by atoms with Crippen LogP contribution in [0.3, 0.4) is 0 Å². The van der Waals surface area contributed by atoms with Crippen molar-refractivity contribution in [2.45, 2.75) is 12.3 Å². The standard InChI is InChI=1S/C27H33N3O2/c1-28(2)23-12-6-20(7-13-23)27(21-8-14-24(15-9-21)29(3)4)22-10-16-25(17-11-22)30(5)19-18-26(31)32/h6-17,27H,18-19H2,1-5H3,(H,31,32). The van der Waals surface area contributed by atoms with Crippen molar-refractivity contribution in [3.63, 3.8) is 0 Å². The van der Waals surface area contributed by atoms with Crippen LogP contribution in [0.1, 0.15) is 29.0 Å². The molecule has 32 heavy (non-hydrogen) atoms. The van der Waals surface area contributed by atoms with Gasteiger partial charge >= 0.3 is 5.97 Å². The highest BCUT2D eigenvalue weighted by Gasteiger charge is 2.18. The Morgan fingerprint density at radius 3 is 1.31 bits per heavy atom. The quantitative estimate of drug-likeness (QED) is 0.488. The Morgan fingerprint density at radius 1 is 0.656 bits per heavy atom. The summed E-state index contributed by atoms with van der Waals surface area (Å²) >= 11 is 0. The van der Waals surface area contributed by atoms with Crippen molar-refractivity contribution in [3.05, 3.63) is 89.5 Å². The van der Waals surface area contributed by atoms with E-state index >= 15 is 0 Å². The lowest BCUT2D eigenvalue weighted by atomic mass is 9.85. The third-order valence-electron chi connectivity index (χ3n) is 5.81. The zero-order chi connectivity index (χ0) is 23.3. The first-order valence-corrected chi connectivity index (χ1v) is 10.8. The molecule has 0 aromatic heterocycles. The number of hydrogen-bond acceptors (Lipinski definition) is 4. The molecule has 3 rings (SSSR count). The minimum Gasteiger partial charge on any atom is -0.481 e. The summed E-state index contributed by atoms with van der Waals surface area (Å²) in [7, 11) is 10.1. The largest absolute Gasteiger partial charge is 0.481 e. The number of anilines is 3. The van der Waals surface area contributed by atoms with Gasteiger partial charge in [0.15, 0.2) is 0 Å². The number of aliphatic carboxylic acids is 1. The SMILES string of the molecule is CN(C)c1ccc(C(c2ccc(N(C)C)cc2)c2ccc(N(C)CCC(=O)O)cc2)cc1. The lowest BCUT2D eigenvalue weighted by molar-refractivity contribution is -0.136. The van der Waals surface area contributed by atoms with Gasteiger partial charge in [-0.25, -0.2) is 0 Å². The summed E-state index contributed by atoms with van der Waals surface area (Å²) in [6, 6.07) is 25.9. The molecular formula is C27H33N3O2. The average molecular weight is 432 g/mol. The molecule has 3 aromatic carbocycles. The zero-order valence-corrected chi connectivity index (χ0v) is 19.6. The predicted octanol–water partition coefficient (Wildman–Crippen LogP) is 4.91. The summed E-state index contributed by atoms with van der Waals surface area (Å²) in [6.07, 6.45) is 0.122. The third-order valence-corrected chi connectivity index (χ3v) is 5.81. The number of carboxylic acids is 1. The molecule has 0 amide bonds. The first-order chi connectivity index (χ1) is 15.3. The van der Waals surface area contributed by atoms with Gasteiger partial charge in [0, 0.05) is 64.8 Å². The van der Waals surface area contributed by atoms with Crippen molar-refractivity contribution in [1.29, 1.82) is 0 Å². The van der Waals surface area contributed by atoms with E-state index in [9.17, 15) is 4.79 Å². The fourth-order valence-electron chi connectivity index (χ4n) is 3.82. The minimum absolute atomic E-state index is 0.112. The topological polar surface area (TPSA) is 47.0 Å². The first-order valence-electron chi connectivity index (χ1n) is 10.8. The number of hydrogen-bond donors (Lipinski definition) is 1. The molecule has 0 fully saturated rings. The van der Waals surface area contributed by atoms with E-state index in [0.717, 1.165) is 5.69 Å². The highest BCUT2D eigenvalue weighted by molar-refractivity contribution is 5.67. The molecule has 0 unspecified atom stereocenters. The van der Waals surface area contributed by atoms with Crippen LogP contribution in [0.4, 0.5) is 17.1 Å². The lowest BCUT2D eigenvalue weighted by Crippen LogP contribution is -2.20. The van der Waals surface area contributed by atoms with E-state index in [4.69, 9.17) is 5.11 Å². The fraction of sp³-hybridized carbons (Fsp3) is 0.296. The van der Waals surface area contributed by atoms with Gasteiger partial charge in [-0.05, 0) is 53.1 Å². The van der Waals surface area contributed by atoms with Gasteiger partial charge < -0.3 is 19.8 Å². The van der Waals surface area contributed by atoms with E-state index in [1.807, 2.05) is 40.1 Å². The first kappa shape index (κ1) is 23.2. The molecule has 168 valence electrons. The van der Waals surface area contributed by atoms with E-state index < -0.39 is 5.97 Å². The molecule has 0 aliphatic carbocycles. The number of rotatable bonds is 9. The Labute approximate surface area is 191 Å².